The summed E-state index contributed by atoms with van der Waals surface area (Å²) in [5.41, 5.74) is 3.39. The van der Waals surface area contributed by atoms with Gasteiger partial charge in [0.25, 0.3) is 0 Å². The fraction of sp³-hybridized carbons (Fsp3) is 0.467. The number of aryl methyl sites for hydroxylation is 2. The van der Waals surface area contributed by atoms with Gasteiger partial charge in [-0.15, -0.1) is 0 Å². The third kappa shape index (κ3) is 5.84. The van der Waals surface area contributed by atoms with Gasteiger partial charge in [-0.25, -0.2) is 0 Å². The second-order valence-electron chi connectivity index (χ2n) is 4.88. The Morgan fingerprint density at radius 2 is 1.94 bits per heavy atom. The van der Waals surface area contributed by atoms with Crippen LogP contribution < -0.4 is 10.1 Å². The summed E-state index contributed by atoms with van der Waals surface area (Å²) in [4.78, 5) is 0. The minimum atomic E-state index is -0.509. The predicted octanol–water partition coefficient (Wildman–Crippen LogP) is 2.21. The van der Waals surface area contributed by atoms with Crippen LogP contribution in [0.2, 0.25) is 0 Å². The molecule has 0 bridgehead atoms. The highest BCUT2D eigenvalue weighted by molar-refractivity contribution is 5.32. The van der Waals surface area contributed by atoms with Gasteiger partial charge in [0.2, 0.25) is 0 Å². The number of aliphatic hydroxyl groups is 1. The smallest absolute Gasteiger partial charge is 0.119 e. The number of nitrogens with one attached hydrogen (secondary N) is 1. The lowest BCUT2D eigenvalue weighted by atomic mass is 10.1. The molecule has 100 valence electrons. The maximum absolute atomic E-state index is 9.74. The van der Waals surface area contributed by atoms with Crippen molar-refractivity contribution < 1.29 is 9.84 Å². The van der Waals surface area contributed by atoms with Crippen LogP contribution in [0.4, 0.5) is 0 Å². The van der Waals surface area contributed by atoms with Crippen LogP contribution in [0, 0.1) is 13.8 Å². The summed E-state index contributed by atoms with van der Waals surface area (Å²) < 4.78 is 5.57. The zero-order chi connectivity index (χ0) is 13.5. The lowest BCUT2D eigenvalue weighted by Crippen LogP contribution is -2.32. The van der Waals surface area contributed by atoms with E-state index in [1.165, 1.54) is 11.1 Å². The van der Waals surface area contributed by atoms with E-state index in [9.17, 15) is 5.11 Å². The summed E-state index contributed by atoms with van der Waals surface area (Å²) in [5.74, 6) is 0.812. The summed E-state index contributed by atoms with van der Waals surface area (Å²) in [5, 5.41) is 12.9. The second-order valence-corrected chi connectivity index (χ2v) is 4.88. The van der Waals surface area contributed by atoms with Crippen molar-refractivity contribution in [3.8, 4) is 5.75 Å². The van der Waals surface area contributed by atoms with Crippen molar-refractivity contribution in [2.24, 2.45) is 0 Å². The fourth-order valence-corrected chi connectivity index (χ4v) is 1.72. The van der Waals surface area contributed by atoms with Crippen LogP contribution in [0.15, 0.2) is 30.4 Å². The molecular formula is C15H23NO2. The fourth-order valence-electron chi connectivity index (χ4n) is 1.72. The topological polar surface area (TPSA) is 41.5 Å². The van der Waals surface area contributed by atoms with Crippen molar-refractivity contribution in [1.82, 2.24) is 5.32 Å². The van der Waals surface area contributed by atoms with Crippen molar-refractivity contribution in [3.05, 3.63) is 41.5 Å². The molecular weight excluding hydrogens is 226 g/mol. The molecule has 18 heavy (non-hydrogen) atoms. The van der Waals surface area contributed by atoms with E-state index in [-0.39, 0.29) is 0 Å². The Morgan fingerprint density at radius 1 is 1.33 bits per heavy atom. The average Bonchev–Trinajstić information content (AvgIpc) is 2.24. The normalized spacial score (nSPS) is 12.2. The highest BCUT2D eigenvalue weighted by Crippen LogP contribution is 2.16. The Hall–Kier alpha value is -1.32. The quantitative estimate of drug-likeness (QED) is 0.728. The number of aliphatic hydroxyl groups excluding tert-OH is 1. The predicted molar refractivity (Wildman–Crippen MR) is 75.1 cm³/mol. The van der Waals surface area contributed by atoms with Crippen LogP contribution >= 0.6 is 0 Å². The minimum absolute atomic E-state index is 0.298. The largest absolute Gasteiger partial charge is 0.491 e. The molecule has 1 rings (SSSR count). The SMILES string of the molecule is C=C(C)CNCC(O)COc1cc(C)cc(C)c1. The van der Waals surface area contributed by atoms with Crippen LogP contribution in [-0.2, 0) is 0 Å². The maximum atomic E-state index is 9.74. The molecule has 0 aliphatic heterocycles. The lowest BCUT2D eigenvalue weighted by Gasteiger charge is -2.14. The van der Waals surface area contributed by atoms with E-state index in [1.54, 1.807) is 0 Å². The Labute approximate surface area is 109 Å². The molecule has 0 saturated heterocycles. The first-order valence-corrected chi connectivity index (χ1v) is 6.21. The van der Waals surface area contributed by atoms with Crippen molar-refractivity contribution in [3.63, 3.8) is 0 Å². The first kappa shape index (κ1) is 14.7. The highest BCUT2D eigenvalue weighted by Gasteiger charge is 2.05. The number of hydrogen-bond acceptors (Lipinski definition) is 3. The van der Waals surface area contributed by atoms with Crippen LogP contribution in [0.3, 0.4) is 0 Å². The summed E-state index contributed by atoms with van der Waals surface area (Å²) in [6.45, 7) is 11.3. The lowest BCUT2D eigenvalue weighted by molar-refractivity contribution is 0.107. The van der Waals surface area contributed by atoms with Gasteiger partial charge in [0, 0.05) is 13.1 Å². The molecule has 0 fully saturated rings. The van der Waals surface area contributed by atoms with Gasteiger partial charge >= 0.3 is 0 Å². The summed E-state index contributed by atoms with van der Waals surface area (Å²) in [6.07, 6.45) is -0.509. The highest BCUT2D eigenvalue weighted by atomic mass is 16.5. The molecule has 2 N–H and O–H groups in total. The van der Waals surface area contributed by atoms with Gasteiger partial charge in [0.15, 0.2) is 0 Å². The third-order valence-electron chi connectivity index (χ3n) is 2.44. The first-order chi connectivity index (χ1) is 8.47. The van der Waals surface area contributed by atoms with Gasteiger partial charge in [-0.3, -0.25) is 0 Å². The van der Waals surface area contributed by atoms with Crippen molar-refractivity contribution in [2.45, 2.75) is 26.9 Å². The Kier molecular flexibility index (Phi) is 5.89. The molecule has 1 atom stereocenters. The summed E-state index contributed by atoms with van der Waals surface area (Å²) >= 11 is 0. The van der Waals surface area contributed by atoms with Crippen LogP contribution in [0.1, 0.15) is 18.1 Å². The van der Waals surface area contributed by atoms with Crippen LogP contribution in [0.25, 0.3) is 0 Å². The average molecular weight is 249 g/mol. The summed E-state index contributed by atoms with van der Waals surface area (Å²) in [7, 11) is 0. The van der Waals surface area contributed by atoms with E-state index < -0.39 is 6.10 Å². The monoisotopic (exact) mass is 249 g/mol. The van der Waals surface area contributed by atoms with Gasteiger partial charge in [0.1, 0.15) is 18.5 Å². The maximum Gasteiger partial charge on any atom is 0.119 e. The molecule has 0 amide bonds. The number of benzene rings is 1. The van der Waals surface area contributed by atoms with E-state index in [1.807, 2.05) is 32.9 Å². The van der Waals surface area contributed by atoms with Gasteiger partial charge < -0.3 is 15.2 Å². The molecule has 0 spiro atoms. The standard InChI is InChI=1S/C15H23NO2/c1-11(2)8-16-9-14(17)10-18-15-6-12(3)5-13(4)7-15/h5-7,14,16-17H,1,8-10H2,2-4H3. The molecule has 3 heteroatoms. The molecule has 0 saturated carbocycles. The van der Waals surface area contributed by atoms with E-state index in [4.69, 9.17) is 4.74 Å². The van der Waals surface area contributed by atoms with E-state index >= 15 is 0 Å². The third-order valence-corrected chi connectivity index (χ3v) is 2.44. The van der Waals surface area contributed by atoms with E-state index in [2.05, 4.69) is 18.0 Å². The molecule has 3 nitrogen and oxygen atoms in total. The molecule has 1 aromatic rings. The zero-order valence-corrected chi connectivity index (χ0v) is 11.5. The van der Waals surface area contributed by atoms with Crippen LogP contribution in [-0.4, -0.2) is 30.9 Å². The Balaban J connectivity index is 2.33. The molecule has 1 aromatic carbocycles. The van der Waals surface area contributed by atoms with Gasteiger partial charge in [-0.1, -0.05) is 18.2 Å². The van der Waals surface area contributed by atoms with E-state index in [0.717, 1.165) is 17.9 Å². The van der Waals surface area contributed by atoms with Gasteiger partial charge in [0.05, 0.1) is 0 Å². The zero-order valence-electron chi connectivity index (χ0n) is 11.5. The molecule has 1 unspecified atom stereocenters. The van der Waals surface area contributed by atoms with Crippen LogP contribution in [0.5, 0.6) is 5.75 Å². The Morgan fingerprint density at radius 3 is 2.50 bits per heavy atom. The first-order valence-electron chi connectivity index (χ1n) is 6.21. The van der Waals surface area contributed by atoms with Gasteiger partial charge in [-0.05, 0) is 44.0 Å². The van der Waals surface area contributed by atoms with Gasteiger partial charge in [-0.2, -0.15) is 0 Å². The molecule has 0 aliphatic rings. The van der Waals surface area contributed by atoms with E-state index in [0.29, 0.717) is 13.2 Å². The Bertz CT molecular complexity index is 381. The van der Waals surface area contributed by atoms with Crippen molar-refractivity contribution in [1.29, 1.82) is 0 Å². The second kappa shape index (κ2) is 7.19. The molecule has 0 radical (unpaired) electrons. The van der Waals surface area contributed by atoms with Crippen molar-refractivity contribution >= 4 is 0 Å². The summed E-state index contributed by atoms with van der Waals surface area (Å²) in [6, 6.07) is 6.04. The van der Waals surface area contributed by atoms with Crippen molar-refractivity contribution in [2.75, 3.05) is 19.7 Å². The number of ether oxygens (including phenoxy) is 1. The molecule has 0 aromatic heterocycles. The number of rotatable bonds is 7. The number of hydrogen-bond donors (Lipinski definition) is 2. The molecule has 0 heterocycles. The minimum Gasteiger partial charge on any atom is -0.491 e. The molecule has 0 aliphatic carbocycles.